The molecule has 0 aliphatic heterocycles. The molecule has 8 heteroatoms. The van der Waals surface area contributed by atoms with Crippen molar-refractivity contribution in [1.29, 1.82) is 0 Å². The Morgan fingerprint density at radius 2 is 1.96 bits per heavy atom. The van der Waals surface area contributed by atoms with Crippen molar-refractivity contribution in [2.75, 3.05) is 12.4 Å². The van der Waals surface area contributed by atoms with Gasteiger partial charge in [-0.2, -0.15) is 10.1 Å². The highest BCUT2D eigenvalue weighted by Crippen LogP contribution is 2.21. The predicted octanol–water partition coefficient (Wildman–Crippen LogP) is 2.65. The molecule has 1 amide bonds. The molecular weight excluding hydrogens is 320 g/mol. The lowest BCUT2D eigenvalue weighted by Gasteiger charge is -2.00. The maximum atomic E-state index is 12.3. The molecule has 0 bridgehead atoms. The van der Waals surface area contributed by atoms with E-state index in [1.165, 1.54) is 0 Å². The minimum atomic E-state index is -0.345. The highest BCUT2D eigenvalue weighted by atomic mass is 16.5. The number of amides is 1. The molecule has 3 N–H and O–H groups in total. The van der Waals surface area contributed by atoms with Crippen LogP contribution in [0.15, 0.2) is 30.3 Å². The topological polar surface area (TPSA) is 109 Å². The monoisotopic (exact) mass is 340 g/mol. The Morgan fingerprint density at radius 1 is 1.20 bits per heavy atom. The number of benzene rings is 1. The van der Waals surface area contributed by atoms with Gasteiger partial charge in [-0.15, -0.1) is 5.10 Å². The number of aromatic nitrogens is 5. The molecule has 0 saturated heterocycles. The second-order valence-corrected chi connectivity index (χ2v) is 6.05. The number of methoxy groups -OCH3 is 1. The lowest BCUT2D eigenvalue weighted by Crippen LogP contribution is -2.13. The number of carbonyl (C=O) groups excluding carboxylic acids is 1. The zero-order chi connectivity index (χ0) is 17.8. The van der Waals surface area contributed by atoms with Crippen molar-refractivity contribution in [3.63, 3.8) is 0 Å². The van der Waals surface area contributed by atoms with E-state index in [4.69, 9.17) is 4.74 Å². The largest absolute Gasteiger partial charge is 0.497 e. The number of aromatic amines is 2. The summed E-state index contributed by atoms with van der Waals surface area (Å²) in [5, 5.41) is 16.4. The summed E-state index contributed by atoms with van der Waals surface area (Å²) >= 11 is 0. The van der Waals surface area contributed by atoms with Crippen LogP contribution in [-0.2, 0) is 6.42 Å². The molecule has 0 saturated carbocycles. The maximum Gasteiger partial charge on any atom is 0.276 e. The van der Waals surface area contributed by atoms with Crippen molar-refractivity contribution in [3.8, 4) is 17.0 Å². The molecule has 0 radical (unpaired) electrons. The molecule has 25 heavy (non-hydrogen) atoms. The van der Waals surface area contributed by atoms with Crippen LogP contribution in [0.5, 0.6) is 5.75 Å². The molecule has 0 aliphatic rings. The van der Waals surface area contributed by atoms with Crippen LogP contribution in [-0.4, -0.2) is 38.4 Å². The summed E-state index contributed by atoms with van der Waals surface area (Å²) in [5.41, 5.74) is 1.89. The second-order valence-electron chi connectivity index (χ2n) is 6.05. The van der Waals surface area contributed by atoms with E-state index >= 15 is 0 Å². The van der Waals surface area contributed by atoms with Crippen molar-refractivity contribution < 1.29 is 9.53 Å². The highest BCUT2D eigenvalue weighted by molar-refractivity contribution is 6.02. The molecule has 0 spiro atoms. The Hall–Kier alpha value is -3.16. The molecule has 0 atom stereocenters. The van der Waals surface area contributed by atoms with E-state index in [1.807, 2.05) is 24.3 Å². The summed E-state index contributed by atoms with van der Waals surface area (Å²) in [7, 11) is 1.61. The van der Waals surface area contributed by atoms with Gasteiger partial charge in [0.05, 0.1) is 12.8 Å². The third-order valence-electron chi connectivity index (χ3n) is 3.57. The third kappa shape index (κ3) is 4.03. The standard InChI is InChI=1S/C17H20N6O2/c1-10(2)8-15-18-17(23-22-15)19-16(24)14-9-13(20-21-14)11-4-6-12(25-3)7-5-11/h4-7,9-10H,8H2,1-3H3,(H,20,21)(H2,18,19,22,23,24). The maximum absolute atomic E-state index is 12.3. The van der Waals surface area contributed by atoms with Gasteiger partial charge in [0, 0.05) is 12.0 Å². The van der Waals surface area contributed by atoms with Gasteiger partial charge in [0.2, 0.25) is 5.95 Å². The van der Waals surface area contributed by atoms with Gasteiger partial charge in [-0.1, -0.05) is 13.8 Å². The fourth-order valence-corrected chi connectivity index (χ4v) is 2.35. The summed E-state index contributed by atoms with van der Waals surface area (Å²) < 4.78 is 5.13. The second kappa shape index (κ2) is 7.16. The Labute approximate surface area is 145 Å². The zero-order valence-electron chi connectivity index (χ0n) is 14.3. The number of ether oxygens (including phenoxy) is 1. The number of carbonyl (C=O) groups is 1. The summed E-state index contributed by atoms with van der Waals surface area (Å²) in [6, 6.07) is 9.12. The first-order valence-electron chi connectivity index (χ1n) is 7.97. The first-order chi connectivity index (χ1) is 12.0. The van der Waals surface area contributed by atoms with Crippen molar-refractivity contribution in [3.05, 3.63) is 41.9 Å². The van der Waals surface area contributed by atoms with Crippen LogP contribution in [0.4, 0.5) is 5.95 Å². The highest BCUT2D eigenvalue weighted by Gasteiger charge is 2.14. The Balaban J connectivity index is 1.68. The van der Waals surface area contributed by atoms with Gasteiger partial charge in [-0.25, -0.2) is 0 Å². The van der Waals surface area contributed by atoms with Crippen molar-refractivity contribution in [2.45, 2.75) is 20.3 Å². The van der Waals surface area contributed by atoms with Crippen LogP contribution < -0.4 is 10.1 Å². The Morgan fingerprint density at radius 3 is 2.64 bits per heavy atom. The zero-order valence-corrected chi connectivity index (χ0v) is 14.3. The molecular formula is C17H20N6O2. The summed E-state index contributed by atoms with van der Waals surface area (Å²) in [6.07, 6.45) is 0.772. The van der Waals surface area contributed by atoms with E-state index in [9.17, 15) is 4.79 Å². The van der Waals surface area contributed by atoms with Crippen LogP contribution >= 0.6 is 0 Å². The molecule has 8 nitrogen and oxygen atoms in total. The summed E-state index contributed by atoms with van der Waals surface area (Å²) in [5.74, 6) is 1.87. The number of rotatable bonds is 6. The lowest BCUT2D eigenvalue weighted by atomic mass is 10.1. The molecule has 3 rings (SSSR count). The van der Waals surface area contributed by atoms with Gasteiger partial charge in [-0.05, 0) is 36.2 Å². The van der Waals surface area contributed by atoms with Crippen LogP contribution in [0.25, 0.3) is 11.3 Å². The molecule has 0 aliphatic carbocycles. The molecule has 3 aromatic rings. The number of hydrogen-bond donors (Lipinski definition) is 3. The lowest BCUT2D eigenvalue weighted by molar-refractivity contribution is 0.102. The molecule has 0 fully saturated rings. The Kier molecular flexibility index (Phi) is 4.78. The number of nitrogens with zero attached hydrogens (tertiary/aromatic N) is 3. The van der Waals surface area contributed by atoms with E-state index in [0.29, 0.717) is 17.3 Å². The average Bonchev–Trinajstić information content (AvgIpc) is 3.24. The van der Waals surface area contributed by atoms with Crippen LogP contribution in [0, 0.1) is 5.92 Å². The fraction of sp³-hybridized carbons (Fsp3) is 0.294. The third-order valence-corrected chi connectivity index (χ3v) is 3.57. The normalized spacial score (nSPS) is 10.9. The van der Waals surface area contributed by atoms with Gasteiger partial charge in [0.15, 0.2) is 0 Å². The number of anilines is 1. The minimum absolute atomic E-state index is 0.251. The van der Waals surface area contributed by atoms with Crippen LogP contribution in [0.2, 0.25) is 0 Å². The number of hydrogen-bond acceptors (Lipinski definition) is 5. The van der Waals surface area contributed by atoms with Crippen molar-refractivity contribution in [2.24, 2.45) is 5.92 Å². The van der Waals surface area contributed by atoms with Crippen molar-refractivity contribution in [1.82, 2.24) is 25.4 Å². The molecule has 2 heterocycles. The first kappa shape index (κ1) is 16.7. The van der Waals surface area contributed by atoms with Gasteiger partial charge in [0.1, 0.15) is 17.3 Å². The summed E-state index contributed by atoms with van der Waals surface area (Å²) in [4.78, 5) is 16.5. The molecule has 0 unspecified atom stereocenters. The number of nitrogens with one attached hydrogen (secondary N) is 3. The number of H-pyrrole nitrogens is 2. The van der Waals surface area contributed by atoms with Gasteiger partial charge < -0.3 is 4.74 Å². The first-order valence-corrected chi connectivity index (χ1v) is 7.97. The quantitative estimate of drug-likeness (QED) is 0.639. The SMILES string of the molecule is COc1ccc(-c2cc(C(=O)Nc3n[nH]c(CC(C)C)n3)[nH]n2)cc1. The van der Waals surface area contributed by atoms with Gasteiger partial charge >= 0.3 is 0 Å². The smallest absolute Gasteiger partial charge is 0.276 e. The minimum Gasteiger partial charge on any atom is -0.497 e. The van der Waals surface area contributed by atoms with E-state index < -0.39 is 0 Å². The van der Waals surface area contributed by atoms with E-state index in [2.05, 4.69) is 44.5 Å². The molecule has 2 aromatic heterocycles. The average molecular weight is 340 g/mol. The molecule has 130 valence electrons. The van der Waals surface area contributed by atoms with Crippen LogP contribution in [0.3, 0.4) is 0 Å². The van der Waals surface area contributed by atoms with E-state index in [-0.39, 0.29) is 11.9 Å². The summed E-state index contributed by atoms with van der Waals surface area (Å²) in [6.45, 7) is 4.18. The van der Waals surface area contributed by atoms with Gasteiger partial charge in [0.25, 0.3) is 5.91 Å². The predicted molar refractivity (Wildman–Crippen MR) is 93.5 cm³/mol. The Bertz CT molecular complexity index is 850. The van der Waals surface area contributed by atoms with Crippen LogP contribution in [0.1, 0.15) is 30.2 Å². The fourth-order valence-electron chi connectivity index (χ4n) is 2.35. The van der Waals surface area contributed by atoms with Crippen molar-refractivity contribution >= 4 is 11.9 Å². The molecule has 1 aromatic carbocycles. The van der Waals surface area contributed by atoms with E-state index in [1.54, 1.807) is 13.2 Å². The van der Waals surface area contributed by atoms with E-state index in [0.717, 1.165) is 23.6 Å². The van der Waals surface area contributed by atoms with Gasteiger partial charge in [-0.3, -0.25) is 20.3 Å².